The third-order valence-electron chi connectivity index (χ3n) is 6.83. The maximum Gasteiger partial charge on any atom is 0.294 e. The maximum absolute atomic E-state index is 13.0. The highest BCUT2D eigenvalue weighted by Crippen LogP contribution is 2.34. The molecule has 0 N–H and O–H groups in total. The summed E-state index contributed by atoms with van der Waals surface area (Å²) in [6.45, 7) is 5.51. The normalized spacial score (nSPS) is 16.7. The van der Waals surface area contributed by atoms with Crippen LogP contribution < -0.4 is 4.74 Å². The van der Waals surface area contributed by atoms with E-state index in [1.165, 1.54) is 0 Å². The molecular weight excluding hydrogens is 522 g/mol. The zero-order valence-corrected chi connectivity index (χ0v) is 22.8. The summed E-state index contributed by atoms with van der Waals surface area (Å²) in [6, 6.07) is 17.3. The molecule has 1 aromatic heterocycles. The molecule has 2 aromatic carbocycles. The Morgan fingerprint density at radius 3 is 2.47 bits per heavy atom. The molecule has 7 nitrogen and oxygen atoms in total. The third-order valence-corrected chi connectivity index (χ3v) is 8.11. The predicted octanol–water partition coefficient (Wildman–Crippen LogP) is 5.99. The molecule has 38 heavy (non-hydrogen) atoms. The lowest BCUT2D eigenvalue weighted by Gasteiger charge is -2.18. The quantitative estimate of drug-likeness (QED) is 0.339. The lowest BCUT2D eigenvalue weighted by atomic mass is 10.2. The summed E-state index contributed by atoms with van der Waals surface area (Å²) in [5.74, 6) is 0.134. The van der Waals surface area contributed by atoms with Gasteiger partial charge in [0.2, 0.25) is 5.91 Å². The predicted molar refractivity (Wildman–Crippen MR) is 150 cm³/mol. The summed E-state index contributed by atoms with van der Waals surface area (Å²) in [7, 11) is 0. The van der Waals surface area contributed by atoms with Gasteiger partial charge < -0.3 is 14.2 Å². The van der Waals surface area contributed by atoms with Crippen LogP contribution in [0.2, 0.25) is 5.02 Å². The number of hydrogen-bond donors (Lipinski definition) is 0. The molecular formula is C29H28ClN3O4S. The highest BCUT2D eigenvalue weighted by Gasteiger charge is 2.37. The minimum atomic E-state index is -0.419. The van der Waals surface area contributed by atoms with Crippen LogP contribution in [0.15, 0.2) is 59.5 Å². The minimum Gasteiger partial charge on any atom is -0.489 e. The number of likely N-dealkylation sites (tertiary alicyclic amines) is 1. The van der Waals surface area contributed by atoms with E-state index in [0.29, 0.717) is 29.6 Å². The zero-order chi connectivity index (χ0) is 26.8. The fourth-order valence-electron chi connectivity index (χ4n) is 4.78. The van der Waals surface area contributed by atoms with Crippen molar-refractivity contribution in [2.45, 2.75) is 33.3 Å². The van der Waals surface area contributed by atoms with Gasteiger partial charge in [0, 0.05) is 40.8 Å². The number of imide groups is 1. The van der Waals surface area contributed by atoms with E-state index in [4.69, 9.17) is 16.3 Å². The summed E-state index contributed by atoms with van der Waals surface area (Å²) in [5.41, 5.74) is 4.64. The molecule has 2 fully saturated rings. The van der Waals surface area contributed by atoms with Crippen LogP contribution in [0, 0.1) is 13.8 Å². The van der Waals surface area contributed by atoms with E-state index in [0.717, 1.165) is 63.5 Å². The number of nitrogens with zero attached hydrogens (tertiary/aromatic N) is 3. The zero-order valence-electron chi connectivity index (χ0n) is 21.3. The second-order valence-corrected chi connectivity index (χ2v) is 10.8. The van der Waals surface area contributed by atoms with Crippen LogP contribution in [-0.4, -0.2) is 51.1 Å². The summed E-state index contributed by atoms with van der Waals surface area (Å²) in [4.78, 5) is 41.1. The topological polar surface area (TPSA) is 71.9 Å². The molecule has 9 heteroatoms. The van der Waals surface area contributed by atoms with Gasteiger partial charge in [-0.25, -0.2) is 0 Å². The van der Waals surface area contributed by atoms with Crippen LogP contribution in [0.25, 0.3) is 11.8 Å². The Morgan fingerprint density at radius 1 is 1.05 bits per heavy atom. The van der Waals surface area contributed by atoms with Crippen molar-refractivity contribution in [3.8, 4) is 11.4 Å². The Balaban J connectivity index is 1.30. The van der Waals surface area contributed by atoms with E-state index in [-0.39, 0.29) is 12.5 Å². The molecule has 2 saturated heterocycles. The van der Waals surface area contributed by atoms with E-state index >= 15 is 0 Å². The van der Waals surface area contributed by atoms with Crippen molar-refractivity contribution in [2.75, 3.05) is 19.6 Å². The Labute approximate surface area is 231 Å². The van der Waals surface area contributed by atoms with E-state index in [2.05, 4.69) is 4.57 Å². The first-order chi connectivity index (χ1) is 18.3. The molecule has 5 rings (SSSR count). The highest BCUT2D eigenvalue weighted by atomic mass is 35.5. The van der Waals surface area contributed by atoms with Gasteiger partial charge >= 0.3 is 0 Å². The van der Waals surface area contributed by atoms with Crippen LogP contribution in [0.5, 0.6) is 5.75 Å². The van der Waals surface area contributed by atoms with Gasteiger partial charge in [0.25, 0.3) is 11.1 Å². The Bertz CT molecular complexity index is 1420. The molecule has 3 amide bonds. The maximum atomic E-state index is 13.0. The summed E-state index contributed by atoms with van der Waals surface area (Å²) in [6.07, 6.45) is 3.66. The third kappa shape index (κ3) is 5.37. The van der Waals surface area contributed by atoms with Crippen LogP contribution in [0.3, 0.4) is 0 Å². The van der Waals surface area contributed by atoms with E-state index in [1.54, 1.807) is 11.0 Å². The highest BCUT2D eigenvalue weighted by molar-refractivity contribution is 8.18. The minimum absolute atomic E-state index is 0.177. The van der Waals surface area contributed by atoms with Crippen molar-refractivity contribution < 1.29 is 19.1 Å². The number of aromatic nitrogens is 1. The number of benzene rings is 2. The van der Waals surface area contributed by atoms with Gasteiger partial charge in [-0.3, -0.25) is 19.3 Å². The number of aryl methyl sites for hydroxylation is 1. The van der Waals surface area contributed by atoms with Gasteiger partial charge in [-0.15, -0.1) is 0 Å². The van der Waals surface area contributed by atoms with Crippen molar-refractivity contribution in [3.05, 3.63) is 87.0 Å². The van der Waals surface area contributed by atoms with Crippen LogP contribution in [-0.2, 0) is 16.2 Å². The fourth-order valence-corrected chi connectivity index (χ4v) is 5.80. The number of halogens is 1. The molecule has 0 aliphatic carbocycles. The Hall–Kier alpha value is -3.49. The molecule has 0 saturated carbocycles. The van der Waals surface area contributed by atoms with Crippen LogP contribution >= 0.6 is 23.4 Å². The van der Waals surface area contributed by atoms with Crippen molar-refractivity contribution in [3.63, 3.8) is 0 Å². The average molecular weight is 550 g/mol. The number of thioether (sulfide) groups is 1. The molecule has 0 atom stereocenters. The van der Waals surface area contributed by atoms with Crippen molar-refractivity contribution in [2.24, 2.45) is 0 Å². The molecule has 196 valence electrons. The van der Waals surface area contributed by atoms with Gasteiger partial charge in [0.15, 0.2) is 0 Å². The van der Waals surface area contributed by atoms with Crippen molar-refractivity contribution in [1.82, 2.24) is 14.4 Å². The smallest absolute Gasteiger partial charge is 0.294 e. The number of carbonyl (C=O) groups excluding carboxylic acids is 3. The number of hydrogen-bond acceptors (Lipinski definition) is 5. The van der Waals surface area contributed by atoms with Crippen molar-refractivity contribution in [1.29, 1.82) is 0 Å². The van der Waals surface area contributed by atoms with Crippen LogP contribution in [0.1, 0.15) is 35.4 Å². The second kappa shape index (κ2) is 11.1. The molecule has 0 spiro atoms. The van der Waals surface area contributed by atoms with Gasteiger partial charge in [-0.05, 0) is 86.5 Å². The molecule has 3 heterocycles. The monoisotopic (exact) mass is 549 g/mol. The number of ether oxygens (including phenoxy) is 1. The first-order valence-corrected chi connectivity index (χ1v) is 13.7. The molecule has 0 radical (unpaired) electrons. The lowest BCUT2D eigenvalue weighted by molar-refractivity contribution is -0.135. The largest absolute Gasteiger partial charge is 0.489 e. The molecule has 0 bridgehead atoms. The Kier molecular flexibility index (Phi) is 7.63. The fraction of sp³-hybridized carbons (Fsp3) is 0.276. The standard InChI is InChI=1S/C29H28ClN3O4S/c1-19-15-22(16-26-28(35)32(29(36)38-26)17-27(34)31-13-5-6-14-31)20(2)33(19)23-9-11-24(12-10-23)37-18-21-7-3-4-8-25(21)30/h3-4,7-12,15-16H,5-6,13-14,17-18H2,1-2H3/b26-16+. The van der Waals surface area contributed by atoms with Gasteiger partial charge in [-0.1, -0.05) is 29.8 Å². The summed E-state index contributed by atoms with van der Waals surface area (Å²) in [5, 5.41) is 0.265. The second-order valence-electron chi connectivity index (χ2n) is 9.39. The molecule has 0 unspecified atom stereocenters. The average Bonchev–Trinajstić information content (AvgIpc) is 3.60. The van der Waals surface area contributed by atoms with E-state index in [9.17, 15) is 14.4 Å². The number of carbonyl (C=O) groups is 3. The first-order valence-electron chi connectivity index (χ1n) is 12.5. The lowest BCUT2D eigenvalue weighted by Crippen LogP contribution is -2.40. The SMILES string of the molecule is Cc1cc(/C=C2/SC(=O)N(CC(=O)N3CCCC3)C2=O)c(C)n1-c1ccc(OCc2ccccc2Cl)cc1. The van der Waals surface area contributed by atoms with Crippen LogP contribution in [0.4, 0.5) is 4.79 Å². The molecule has 2 aliphatic rings. The van der Waals surface area contributed by atoms with Gasteiger partial charge in [-0.2, -0.15) is 0 Å². The molecule has 2 aliphatic heterocycles. The van der Waals surface area contributed by atoms with Gasteiger partial charge in [0.1, 0.15) is 18.9 Å². The Morgan fingerprint density at radius 2 is 1.76 bits per heavy atom. The van der Waals surface area contributed by atoms with Gasteiger partial charge in [0.05, 0.1) is 4.91 Å². The number of amides is 3. The van der Waals surface area contributed by atoms with Crippen molar-refractivity contribution >= 4 is 46.5 Å². The first kappa shape index (κ1) is 26.1. The van der Waals surface area contributed by atoms with E-state index < -0.39 is 11.1 Å². The number of rotatable bonds is 7. The van der Waals surface area contributed by atoms with E-state index in [1.807, 2.05) is 68.4 Å². The molecule has 3 aromatic rings. The summed E-state index contributed by atoms with van der Waals surface area (Å²) >= 11 is 7.10. The summed E-state index contributed by atoms with van der Waals surface area (Å²) < 4.78 is 7.99.